The minimum absolute atomic E-state index is 0.205. The number of aromatic nitrogens is 2. The molecular weight excluding hydrogens is 288 g/mol. The third-order valence-corrected chi connectivity index (χ3v) is 3.42. The highest BCUT2D eigenvalue weighted by molar-refractivity contribution is 6.30. The number of halogens is 1. The van der Waals surface area contributed by atoms with Gasteiger partial charge in [0.1, 0.15) is 5.65 Å². The Hall–Kier alpha value is -2.59. The summed E-state index contributed by atoms with van der Waals surface area (Å²) >= 11 is 5.84. The molecule has 4 nitrogen and oxygen atoms in total. The largest absolute Gasteiger partial charge is 0.478 e. The van der Waals surface area contributed by atoms with Crippen LogP contribution in [0.2, 0.25) is 5.02 Å². The quantitative estimate of drug-likeness (QED) is 0.722. The molecule has 0 spiro atoms. The summed E-state index contributed by atoms with van der Waals surface area (Å²) in [4.78, 5) is 18.7. The number of H-pyrrole nitrogens is 1. The SMILES string of the molecule is O=C(O)/C(=C\c1c[nH]c2ncccc12)c1ccc(Cl)cc1. The summed E-state index contributed by atoms with van der Waals surface area (Å²) in [6.45, 7) is 0. The van der Waals surface area contributed by atoms with Crippen molar-refractivity contribution in [3.05, 3.63) is 64.9 Å². The smallest absolute Gasteiger partial charge is 0.336 e. The second-order valence-corrected chi connectivity index (χ2v) is 4.95. The minimum atomic E-state index is -0.990. The Bertz CT molecular complexity index is 835. The Labute approximate surface area is 125 Å². The van der Waals surface area contributed by atoms with Crippen LogP contribution in [0.1, 0.15) is 11.1 Å². The first-order chi connectivity index (χ1) is 10.1. The number of aromatic amines is 1. The van der Waals surface area contributed by atoms with Crippen LogP contribution >= 0.6 is 11.6 Å². The number of pyridine rings is 1. The Kier molecular flexibility index (Phi) is 3.46. The van der Waals surface area contributed by atoms with Crippen molar-refractivity contribution in [3.8, 4) is 0 Å². The molecule has 1 aromatic carbocycles. The van der Waals surface area contributed by atoms with E-state index in [1.807, 2.05) is 12.1 Å². The molecule has 104 valence electrons. The molecule has 0 aliphatic rings. The molecule has 3 rings (SSSR count). The fraction of sp³-hybridized carbons (Fsp3) is 0. The third-order valence-electron chi connectivity index (χ3n) is 3.17. The van der Waals surface area contributed by atoms with E-state index in [0.717, 1.165) is 16.6 Å². The number of benzene rings is 1. The van der Waals surface area contributed by atoms with E-state index in [-0.39, 0.29) is 5.57 Å². The zero-order chi connectivity index (χ0) is 14.8. The van der Waals surface area contributed by atoms with E-state index in [0.29, 0.717) is 10.6 Å². The Morgan fingerprint density at radius 2 is 2.00 bits per heavy atom. The van der Waals surface area contributed by atoms with Gasteiger partial charge in [-0.2, -0.15) is 0 Å². The summed E-state index contributed by atoms with van der Waals surface area (Å²) in [5.41, 5.74) is 2.32. The van der Waals surface area contributed by atoms with E-state index in [1.165, 1.54) is 0 Å². The molecule has 0 bridgehead atoms. The number of rotatable bonds is 3. The number of hydrogen-bond donors (Lipinski definition) is 2. The zero-order valence-electron chi connectivity index (χ0n) is 10.9. The van der Waals surface area contributed by atoms with Crippen molar-refractivity contribution in [1.29, 1.82) is 0 Å². The van der Waals surface area contributed by atoms with Gasteiger partial charge in [-0.05, 0) is 35.9 Å². The Balaban J connectivity index is 2.13. The predicted molar refractivity (Wildman–Crippen MR) is 83.1 cm³/mol. The molecule has 0 aliphatic carbocycles. The van der Waals surface area contributed by atoms with Crippen LogP contribution in [0.5, 0.6) is 0 Å². The molecule has 0 saturated carbocycles. The highest BCUT2D eigenvalue weighted by Gasteiger charge is 2.12. The van der Waals surface area contributed by atoms with E-state index < -0.39 is 5.97 Å². The fourth-order valence-corrected chi connectivity index (χ4v) is 2.28. The number of aliphatic carboxylic acids is 1. The second-order valence-electron chi connectivity index (χ2n) is 4.51. The molecular formula is C16H11ClN2O2. The molecule has 0 atom stereocenters. The van der Waals surface area contributed by atoms with Crippen LogP contribution in [0.4, 0.5) is 0 Å². The molecule has 2 aromatic heterocycles. The fourth-order valence-electron chi connectivity index (χ4n) is 2.15. The summed E-state index contributed by atoms with van der Waals surface area (Å²) in [6, 6.07) is 10.4. The number of carboxylic acid groups (broad SMARTS) is 1. The maximum Gasteiger partial charge on any atom is 0.336 e. The van der Waals surface area contributed by atoms with Gasteiger partial charge in [-0.3, -0.25) is 0 Å². The molecule has 0 radical (unpaired) electrons. The highest BCUT2D eigenvalue weighted by Crippen LogP contribution is 2.24. The topological polar surface area (TPSA) is 66.0 Å². The number of carboxylic acids is 1. The molecule has 0 aliphatic heterocycles. The van der Waals surface area contributed by atoms with Crippen molar-refractivity contribution in [3.63, 3.8) is 0 Å². The van der Waals surface area contributed by atoms with Crippen LogP contribution in [-0.2, 0) is 4.79 Å². The average Bonchev–Trinajstić information content (AvgIpc) is 2.89. The van der Waals surface area contributed by atoms with Crippen LogP contribution < -0.4 is 0 Å². The Morgan fingerprint density at radius 3 is 2.71 bits per heavy atom. The van der Waals surface area contributed by atoms with E-state index in [4.69, 9.17) is 11.6 Å². The molecule has 2 N–H and O–H groups in total. The van der Waals surface area contributed by atoms with Crippen molar-refractivity contribution in [2.45, 2.75) is 0 Å². The molecule has 0 saturated heterocycles. The van der Waals surface area contributed by atoms with Gasteiger partial charge >= 0.3 is 5.97 Å². The molecule has 21 heavy (non-hydrogen) atoms. The summed E-state index contributed by atoms with van der Waals surface area (Å²) in [5.74, 6) is -0.990. The van der Waals surface area contributed by atoms with Crippen molar-refractivity contribution < 1.29 is 9.90 Å². The second kappa shape index (κ2) is 5.42. The average molecular weight is 299 g/mol. The summed E-state index contributed by atoms with van der Waals surface area (Å²) in [7, 11) is 0. The maximum absolute atomic E-state index is 11.5. The summed E-state index contributed by atoms with van der Waals surface area (Å²) in [6.07, 6.45) is 5.06. The van der Waals surface area contributed by atoms with Gasteiger partial charge in [0, 0.05) is 28.4 Å². The first-order valence-corrected chi connectivity index (χ1v) is 6.66. The van der Waals surface area contributed by atoms with Gasteiger partial charge in [-0.25, -0.2) is 9.78 Å². The maximum atomic E-state index is 11.5. The van der Waals surface area contributed by atoms with E-state index in [9.17, 15) is 9.90 Å². The van der Waals surface area contributed by atoms with Crippen molar-refractivity contribution in [1.82, 2.24) is 9.97 Å². The van der Waals surface area contributed by atoms with Crippen molar-refractivity contribution in [2.24, 2.45) is 0 Å². The van der Waals surface area contributed by atoms with Crippen LogP contribution in [0.3, 0.4) is 0 Å². The van der Waals surface area contributed by atoms with Gasteiger partial charge in [0.05, 0.1) is 5.57 Å². The number of hydrogen-bond acceptors (Lipinski definition) is 2. The first-order valence-electron chi connectivity index (χ1n) is 6.28. The highest BCUT2D eigenvalue weighted by atomic mass is 35.5. The number of nitrogens with one attached hydrogen (secondary N) is 1. The molecule has 0 unspecified atom stereocenters. The number of nitrogens with zero attached hydrogens (tertiary/aromatic N) is 1. The van der Waals surface area contributed by atoms with Crippen LogP contribution in [0.25, 0.3) is 22.7 Å². The summed E-state index contributed by atoms with van der Waals surface area (Å²) in [5, 5.41) is 10.9. The first kappa shape index (κ1) is 13.4. The monoisotopic (exact) mass is 298 g/mol. The normalized spacial score (nSPS) is 11.8. The van der Waals surface area contributed by atoms with Gasteiger partial charge in [0.2, 0.25) is 0 Å². The van der Waals surface area contributed by atoms with Gasteiger partial charge in [0.25, 0.3) is 0 Å². The van der Waals surface area contributed by atoms with Crippen LogP contribution in [0, 0.1) is 0 Å². The van der Waals surface area contributed by atoms with Crippen molar-refractivity contribution in [2.75, 3.05) is 0 Å². The van der Waals surface area contributed by atoms with E-state index in [2.05, 4.69) is 9.97 Å². The molecule has 5 heteroatoms. The predicted octanol–water partition coefficient (Wildman–Crippen LogP) is 3.84. The van der Waals surface area contributed by atoms with Crippen molar-refractivity contribution >= 4 is 40.3 Å². The van der Waals surface area contributed by atoms with Gasteiger partial charge in [-0.1, -0.05) is 23.7 Å². The minimum Gasteiger partial charge on any atom is -0.478 e. The lowest BCUT2D eigenvalue weighted by atomic mass is 10.0. The lowest BCUT2D eigenvalue weighted by Crippen LogP contribution is -1.99. The molecule has 0 fully saturated rings. The number of fused-ring (bicyclic) bond motifs is 1. The van der Waals surface area contributed by atoms with Crippen LogP contribution in [-0.4, -0.2) is 21.0 Å². The third kappa shape index (κ3) is 2.66. The van der Waals surface area contributed by atoms with Gasteiger partial charge in [-0.15, -0.1) is 0 Å². The summed E-state index contributed by atoms with van der Waals surface area (Å²) < 4.78 is 0. The van der Waals surface area contributed by atoms with E-state index in [1.54, 1.807) is 42.7 Å². The van der Waals surface area contributed by atoms with E-state index >= 15 is 0 Å². The lowest BCUT2D eigenvalue weighted by Gasteiger charge is -2.03. The lowest BCUT2D eigenvalue weighted by molar-refractivity contribution is -0.130. The molecule has 0 amide bonds. The zero-order valence-corrected chi connectivity index (χ0v) is 11.6. The number of carbonyl (C=O) groups is 1. The van der Waals surface area contributed by atoms with Crippen LogP contribution in [0.15, 0.2) is 48.8 Å². The molecule has 3 aromatic rings. The van der Waals surface area contributed by atoms with Gasteiger partial charge in [0.15, 0.2) is 0 Å². The van der Waals surface area contributed by atoms with Gasteiger partial charge < -0.3 is 10.1 Å². The standard InChI is InChI=1S/C16H11ClN2O2/c17-12-5-3-10(4-6-12)14(16(20)21)8-11-9-19-15-13(11)2-1-7-18-15/h1-9H,(H,18,19)(H,20,21)/b14-8-. The molecule has 2 heterocycles. The Morgan fingerprint density at radius 1 is 1.24 bits per heavy atom.